The van der Waals surface area contributed by atoms with Crippen LogP contribution in [0.15, 0.2) is 54.9 Å². The maximum atomic E-state index is 12.8. The van der Waals surface area contributed by atoms with Gasteiger partial charge in [-0.15, -0.1) is 0 Å². The number of nitrogens with zero attached hydrogens (tertiary/aromatic N) is 1. The zero-order chi connectivity index (χ0) is 31.5. The number of hydrogen-bond acceptors (Lipinski definition) is 7. The van der Waals surface area contributed by atoms with E-state index in [-0.39, 0.29) is 11.8 Å². The van der Waals surface area contributed by atoms with Gasteiger partial charge < -0.3 is 30.7 Å². The standard InChI is InChI=1S/C21H22N4O3.2C2HF3O2/c22-7-8-27-20-10-14(17-11-23-24-12-17)5-6-18(20)25-21(26)16-9-15-3-1-2-4-19(15)28-13-16;2*3-2(4,5)1(6)7/h1-6,10-12,16H,7-9,13,22H2,(H,23,24)(H,25,26);2*(H,6,7). The number of halogens is 6. The number of H-pyrrole nitrogens is 1. The number of nitrogens with one attached hydrogen (secondary N) is 2. The van der Waals surface area contributed by atoms with Crippen LogP contribution in [0.5, 0.6) is 11.5 Å². The minimum atomic E-state index is -5.08. The number of carbonyl (C=O) groups excluding carboxylic acids is 1. The summed E-state index contributed by atoms with van der Waals surface area (Å²) in [5, 5.41) is 24.0. The van der Waals surface area contributed by atoms with Gasteiger partial charge in [-0.2, -0.15) is 31.4 Å². The average molecular weight is 606 g/mol. The summed E-state index contributed by atoms with van der Waals surface area (Å²) in [7, 11) is 0. The quantitative estimate of drug-likeness (QED) is 0.261. The minimum absolute atomic E-state index is 0.0943. The summed E-state index contributed by atoms with van der Waals surface area (Å²) in [6.45, 7) is 1.10. The van der Waals surface area contributed by atoms with E-state index in [4.69, 9.17) is 35.0 Å². The third kappa shape index (κ3) is 10.3. The number of carboxylic acids is 2. The van der Waals surface area contributed by atoms with Crippen molar-refractivity contribution < 1.29 is 60.4 Å². The number of rotatable bonds is 6. The maximum absolute atomic E-state index is 12.8. The third-order valence-electron chi connectivity index (χ3n) is 5.18. The summed E-state index contributed by atoms with van der Waals surface area (Å²) in [6, 6.07) is 13.4. The fraction of sp³-hybridized carbons (Fsp3) is 0.280. The van der Waals surface area contributed by atoms with E-state index in [0.717, 1.165) is 22.4 Å². The summed E-state index contributed by atoms with van der Waals surface area (Å²) >= 11 is 0. The molecule has 2 aromatic carbocycles. The molecule has 1 aliphatic heterocycles. The Balaban J connectivity index is 0.000000367. The van der Waals surface area contributed by atoms with Crippen molar-refractivity contribution in [2.75, 3.05) is 25.1 Å². The van der Waals surface area contributed by atoms with Crippen molar-refractivity contribution in [1.82, 2.24) is 10.2 Å². The van der Waals surface area contributed by atoms with Gasteiger partial charge in [-0.25, -0.2) is 9.59 Å². The van der Waals surface area contributed by atoms with Crippen molar-refractivity contribution in [1.29, 1.82) is 0 Å². The molecular weight excluding hydrogens is 582 g/mol. The molecule has 1 atom stereocenters. The Labute approximate surface area is 233 Å². The molecule has 17 heteroatoms. The second-order valence-corrected chi connectivity index (χ2v) is 8.25. The Morgan fingerprint density at radius 3 is 2.19 bits per heavy atom. The molecule has 0 bridgehead atoms. The number of amides is 1. The Bertz CT molecular complexity index is 1320. The number of aromatic nitrogens is 2. The largest absolute Gasteiger partial charge is 0.492 e. The van der Waals surface area contributed by atoms with Gasteiger partial charge in [0.1, 0.15) is 24.7 Å². The van der Waals surface area contributed by atoms with Crippen LogP contribution in [0.25, 0.3) is 11.1 Å². The number of aromatic amines is 1. The van der Waals surface area contributed by atoms with Crippen LogP contribution in [0.1, 0.15) is 5.56 Å². The van der Waals surface area contributed by atoms with E-state index in [9.17, 15) is 31.1 Å². The molecule has 1 aromatic heterocycles. The van der Waals surface area contributed by atoms with Crippen LogP contribution >= 0.6 is 0 Å². The first-order chi connectivity index (χ1) is 19.6. The lowest BCUT2D eigenvalue weighted by atomic mass is 9.96. The molecule has 0 saturated carbocycles. The average Bonchev–Trinajstić information content (AvgIpc) is 3.47. The number of aliphatic carboxylic acids is 2. The van der Waals surface area contributed by atoms with E-state index in [1.807, 2.05) is 42.5 Å². The van der Waals surface area contributed by atoms with Crippen molar-refractivity contribution in [2.45, 2.75) is 18.8 Å². The fourth-order valence-corrected chi connectivity index (χ4v) is 3.23. The lowest BCUT2D eigenvalue weighted by Crippen LogP contribution is -2.32. The molecule has 4 rings (SSSR count). The predicted molar refractivity (Wildman–Crippen MR) is 134 cm³/mol. The topological polar surface area (TPSA) is 177 Å². The number of carboxylic acid groups (broad SMARTS) is 2. The zero-order valence-electron chi connectivity index (χ0n) is 21.3. The molecule has 3 aromatic rings. The third-order valence-corrected chi connectivity index (χ3v) is 5.18. The number of ether oxygens (including phenoxy) is 2. The Morgan fingerprint density at radius 1 is 1.02 bits per heavy atom. The first kappa shape index (κ1) is 33.4. The first-order valence-electron chi connectivity index (χ1n) is 11.7. The molecule has 0 radical (unpaired) electrons. The molecule has 1 unspecified atom stereocenters. The van der Waals surface area contributed by atoms with E-state index >= 15 is 0 Å². The molecule has 1 aliphatic rings. The van der Waals surface area contributed by atoms with Crippen molar-refractivity contribution in [3.8, 4) is 22.6 Å². The van der Waals surface area contributed by atoms with Crippen molar-refractivity contribution in [3.63, 3.8) is 0 Å². The SMILES string of the molecule is NCCOc1cc(-c2cn[nH]c2)ccc1NC(=O)C1COc2ccccc2C1.O=C(O)C(F)(F)F.O=C(O)C(F)(F)F. The Hall–Kier alpha value is -4.80. The molecule has 1 amide bonds. The molecular formula is C25H24F6N4O7. The van der Waals surface area contributed by atoms with E-state index in [2.05, 4.69) is 15.5 Å². The summed E-state index contributed by atoms with van der Waals surface area (Å²) in [6.07, 6.45) is -5.98. The molecule has 11 nitrogen and oxygen atoms in total. The lowest BCUT2D eigenvalue weighted by Gasteiger charge is -2.25. The molecule has 228 valence electrons. The van der Waals surface area contributed by atoms with Gasteiger partial charge >= 0.3 is 24.3 Å². The smallest absolute Gasteiger partial charge is 0.490 e. The number of fused-ring (bicyclic) bond motifs is 1. The molecule has 0 aliphatic carbocycles. The highest BCUT2D eigenvalue weighted by atomic mass is 19.4. The maximum Gasteiger partial charge on any atom is 0.490 e. The van der Waals surface area contributed by atoms with Gasteiger partial charge in [-0.1, -0.05) is 24.3 Å². The van der Waals surface area contributed by atoms with Crippen molar-refractivity contribution in [3.05, 3.63) is 60.4 Å². The number of benzene rings is 2. The van der Waals surface area contributed by atoms with E-state index in [0.29, 0.717) is 37.6 Å². The van der Waals surface area contributed by atoms with Crippen LogP contribution in [0, 0.1) is 5.92 Å². The van der Waals surface area contributed by atoms with Gasteiger partial charge in [0.2, 0.25) is 5.91 Å². The highest BCUT2D eigenvalue weighted by Gasteiger charge is 2.38. The van der Waals surface area contributed by atoms with Crippen LogP contribution in [-0.4, -0.2) is 70.4 Å². The summed E-state index contributed by atoms with van der Waals surface area (Å²) < 4.78 is 75.0. The highest BCUT2D eigenvalue weighted by Crippen LogP contribution is 2.32. The van der Waals surface area contributed by atoms with Crippen LogP contribution < -0.4 is 20.5 Å². The van der Waals surface area contributed by atoms with Crippen LogP contribution in [0.2, 0.25) is 0 Å². The second-order valence-electron chi connectivity index (χ2n) is 8.25. The number of para-hydroxylation sites is 1. The molecule has 2 heterocycles. The zero-order valence-corrected chi connectivity index (χ0v) is 21.3. The number of alkyl halides is 6. The van der Waals surface area contributed by atoms with Crippen molar-refractivity contribution >= 4 is 23.5 Å². The van der Waals surface area contributed by atoms with E-state index in [1.165, 1.54) is 0 Å². The summed E-state index contributed by atoms with van der Waals surface area (Å²) in [5.74, 6) is -4.44. The number of nitrogens with two attached hydrogens (primary N) is 1. The Kier molecular flexibility index (Phi) is 11.7. The van der Waals surface area contributed by atoms with Crippen LogP contribution in [0.4, 0.5) is 32.0 Å². The normalized spacial score (nSPS) is 14.0. The number of hydrogen-bond donors (Lipinski definition) is 5. The molecule has 0 saturated heterocycles. The minimum Gasteiger partial charge on any atom is -0.492 e. The molecule has 0 fully saturated rings. The van der Waals surface area contributed by atoms with Crippen LogP contribution in [-0.2, 0) is 20.8 Å². The van der Waals surface area contributed by atoms with Crippen LogP contribution in [0.3, 0.4) is 0 Å². The van der Waals surface area contributed by atoms with Gasteiger partial charge in [-0.05, 0) is 35.7 Å². The molecule has 42 heavy (non-hydrogen) atoms. The van der Waals surface area contributed by atoms with E-state index in [1.54, 1.807) is 12.4 Å². The second kappa shape index (κ2) is 14.7. The number of anilines is 1. The lowest BCUT2D eigenvalue weighted by molar-refractivity contribution is -0.193. The summed E-state index contributed by atoms with van der Waals surface area (Å²) in [4.78, 5) is 30.6. The van der Waals surface area contributed by atoms with Gasteiger partial charge in [0.05, 0.1) is 17.8 Å². The predicted octanol–water partition coefficient (Wildman–Crippen LogP) is 3.87. The summed E-state index contributed by atoms with van der Waals surface area (Å²) in [5.41, 5.74) is 9.12. The van der Waals surface area contributed by atoms with Crippen molar-refractivity contribution in [2.24, 2.45) is 11.7 Å². The first-order valence-corrected chi connectivity index (χ1v) is 11.7. The van der Waals surface area contributed by atoms with Gasteiger partial charge in [0, 0.05) is 18.3 Å². The van der Waals surface area contributed by atoms with Gasteiger partial charge in [0.15, 0.2) is 0 Å². The van der Waals surface area contributed by atoms with E-state index < -0.39 is 24.3 Å². The van der Waals surface area contributed by atoms with Gasteiger partial charge in [0.25, 0.3) is 0 Å². The Morgan fingerprint density at radius 2 is 1.64 bits per heavy atom. The highest BCUT2D eigenvalue weighted by molar-refractivity contribution is 5.95. The monoisotopic (exact) mass is 606 g/mol. The van der Waals surface area contributed by atoms with Gasteiger partial charge in [-0.3, -0.25) is 9.89 Å². The molecule has 0 spiro atoms. The fourth-order valence-electron chi connectivity index (χ4n) is 3.23. The number of carbonyl (C=O) groups is 3. The molecule has 6 N–H and O–H groups in total.